The van der Waals surface area contributed by atoms with Crippen LogP contribution in [0.3, 0.4) is 0 Å². The molecule has 0 aromatic carbocycles. The molecule has 1 aliphatic rings. The molecule has 0 bridgehead atoms. The van der Waals surface area contributed by atoms with Gasteiger partial charge in [0.2, 0.25) is 0 Å². The first-order valence-corrected chi connectivity index (χ1v) is 5.26. The van der Waals surface area contributed by atoms with Gasteiger partial charge in [0.15, 0.2) is 0 Å². The van der Waals surface area contributed by atoms with Crippen molar-refractivity contribution in [2.45, 2.75) is 48.5 Å². The van der Waals surface area contributed by atoms with Gasteiger partial charge in [0.25, 0.3) is 0 Å². The Morgan fingerprint density at radius 3 is 1.40 bits per heavy atom. The minimum Gasteiger partial charge on any atom is -0.323 e. The molecular weight excluding hydrogens is 257 g/mol. The van der Waals surface area contributed by atoms with Gasteiger partial charge in [-0.15, -0.1) is 12.5 Å². The summed E-state index contributed by atoms with van der Waals surface area (Å²) < 4.78 is 0. The van der Waals surface area contributed by atoms with E-state index in [1.54, 1.807) is 0 Å². The average molecular weight is 281 g/mol. The Bertz CT molecular complexity index is 230. The van der Waals surface area contributed by atoms with Crippen LogP contribution in [0, 0.1) is 18.8 Å². The SMILES string of the molecule is C[C-](C)C.[CH2-]C1=C(C)C(C)=C(C)C1C.[Y+3]. The predicted octanol–water partition coefficient (Wildman–Crippen LogP) is 4.74. The van der Waals surface area contributed by atoms with E-state index in [0.29, 0.717) is 5.92 Å². The Morgan fingerprint density at radius 1 is 1.00 bits per heavy atom. The van der Waals surface area contributed by atoms with Crippen LogP contribution in [-0.4, -0.2) is 0 Å². The van der Waals surface area contributed by atoms with E-state index in [2.05, 4.69) is 55.4 Å². The molecule has 0 aromatic heterocycles. The molecule has 1 unspecified atom stereocenters. The molecule has 0 fully saturated rings. The second-order valence-electron chi connectivity index (χ2n) is 4.68. The smallest absolute Gasteiger partial charge is 0.323 e. The van der Waals surface area contributed by atoms with Crippen LogP contribution in [0.5, 0.6) is 0 Å². The van der Waals surface area contributed by atoms with E-state index in [1.807, 2.05) is 0 Å². The topological polar surface area (TPSA) is 0 Å². The van der Waals surface area contributed by atoms with Crippen molar-refractivity contribution in [1.82, 2.24) is 0 Å². The van der Waals surface area contributed by atoms with Crippen molar-refractivity contribution in [3.63, 3.8) is 0 Å². The van der Waals surface area contributed by atoms with Crippen LogP contribution in [0.4, 0.5) is 0 Å². The summed E-state index contributed by atoms with van der Waals surface area (Å²) in [5, 5.41) is 0. The van der Waals surface area contributed by atoms with Crippen LogP contribution in [-0.2, 0) is 32.7 Å². The maximum Gasteiger partial charge on any atom is 3.00 e. The zero-order valence-corrected chi connectivity index (χ0v) is 14.2. The van der Waals surface area contributed by atoms with Crippen molar-refractivity contribution in [2.75, 3.05) is 0 Å². The molecule has 0 heterocycles. The van der Waals surface area contributed by atoms with Gasteiger partial charge in [-0.1, -0.05) is 19.4 Å². The van der Waals surface area contributed by atoms with Crippen molar-refractivity contribution in [1.29, 1.82) is 0 Å². The normalized spacial score (nSPS) is 20.1. The number of hydrogen-bond donors (Lipinski definition) is 0. The molecule has 0 spiro atoms. The Morgan fingerprint density at radius 2 is 1.33 bits per heavy atom. The summed E-state index contributed by atoms with van der Waals surface area (Å²) in [7, 11) is 0. The molecule has 0 nitrogen and oxygen atoms in total. The largest absolute Gasteiger partial charge is 3.00 e. The van der Waals surface area contributed by atoms with E-state index in [0.717, 1.165) is 0 Å². The van der Waals surface area contributed by atoms with Gasteiger partial charge in [-0.05, 0) is 12.8 Å². The van der Waals surface area contributed by atoms with Gasteiger partial charge in [0.05, 0.1) is 0 Å². The average Bonchev–Trinajstić information content (AvgIpc) is 2.23. The minimum absolute atomic E-state index is 0. The van der Waals surface area contributed by atoms with E-state index in [-0.39, 0.29) is 32.7 Å². The van der Waals surface area contributed by atoms with Crippen molar-refractivity contribution in [3.05, 3.63) is 35.1 Å². The van der Waals surface area contributed by atoms with E-state index in [1.165, 1.54) is 28.2 Å². The molecule has 1 atom stereocenters. The monoisotopic (exact) mass is 281 g/mol. The van der Waals surface area contributed by atoms with Crippen LogP contribution >= 0.6 is 0 Å². The number of hydrogen-bond acceptors (Lipinski definition) is 0. The van der Waals surface area contributed by atoms with Gasteiger partial charge in [0.1, 0.15) is 0 Å². The Kier molecular flexibility index (Phi) is 9.14. The third-order valence-corrected chi connectivity index (χ3v) is 2.81. The second kappa shape index (κ2) is 7.68. The number of allylic oxidation sites excluding steroid dienone is 4. The summed E-state index contributed by atoms with van der Waals surface area (Å²) in [4.78, 5) is 0. The first-order valence-electron chi connectivity index (χ1n) is 5.26. The number of rotatable bonds is 0. The molecular formula is C14H24Y+. The fourth-order valence-corrected chi connectivity index (χ4v) is 1.45. The fraction of sp³-hybridized carbons (Fsp3) is 0.571. The predicted molar refractivity (Wildman–Crippen MR) is 65.9 cm³/mol. The third kappa shape index (κ3) is 5.36. The zero-order chi connectivity index (χ0) is 11.5. The molecule has 1 aliphatic carbocycles. The second-order valence-corrected chi connectivity index (χ2v) is 4.68. The van der Waals surface area contributed by atoms with Crippen molar-refractivity contribution in [3.8, 4) is 0 Å². The summed E-state index contributed by atoms with van der Waals surface area (Å²) in [5.41, 5.74) is 5.62. The van der Waals surface area contributed by atoms with Gasteiger partial charge in [-0.3, -0.25) is 0 Å². The molecule has 1 rings (SSSR count). The third-order valence-electron chi connectivity index (χ3n) is 2.81. The Balaban J connectivity index is 0. The first-order chi connectivity index (χ1) is 6.29. The molecule has 0 aliphatic heterocycles. The van der Waals surface area contributed by atoms with Crippen molar-refractivity contribution < 1.29 is 32.7 Å². The Hall–Kier alpha value is 0.454. The summed E-state index contributed by atoms with van der Waals surface area (Å²) in [6.07, 6.45) is 0. The van der Waals surface area contributed by atoms with Gasteiger partial charge in [0, 0.05) is 0 Å². The van der Waals surface area contributed by atoms with Crippen molar-refractivity contribution >= 4 is 0 Å². The standard InChI is InChI=1S/C10H15.C4H9.Y/c1-6-7(2)9(4)10(5)8(6)3;1-4(2)3;/h7H,1H2,2-5H3;1-3H3;/q2*-1;+3. The van der Waals surface area contributed by atoms with Gasteiger partial charge < -0.3 is 5.92 Å². The van der Waals surface area contributed by atoms with Gasteiger partial charge in [-0.25, -0.2) is 12.5 Å². The fourth-order valence-electron chi connectivity index (χ4n) is 1.45. The van der Waals surface area contributed by atoms with Crippen LogP contribution in [0.15, 0.2) is 22.3 Å². The van der Waals surface area contributed by atoms with Crippen molar-refractivity contribution in [2.24, 2.45) is 5.92 Å². The van der Waals surface area contributed by atoms with E-state index in [9.17, 15) is 0 Å². The molecule has 0 radical (unpaired) electrons. The summed E-state index contributed by atoms with van der Waals surface area (Å²) in [5.74, 6) is 2.00. The summed E-state index contributed by atoms with van der Waals surface area (Å²) in [6, 6.07) is 0. The molecule has 0 N–H and O–H groups in total. The van der Waals surface area contributed by atoms with Crippen LogP contribution in [0.2, 0.25) is 0 Å². The molecule has 0 aromatic rings. The van der Waals surface area contributed by atoms with E-state index >= 15 is 0 Å². The quantitative estimate of drug-likeness (QED) is 0.562. The molecule has 0 amide bonds. The van der Waals surface area contributed by atoms with Crippen LogP contribution in [0.25, 0.3) is 0 Å². The minimum atomic E-state index is 0. The molecule has 82 valence electrons. The van der Waals surface area contributed by atoms with Gasteiger partial charge in [-0.2, -0.15) is 26.3 Å². The molecule has 0 saturated carbocycles. The van der Waals surface area contributed by atoms with Gasteiger partial charge >= 0.3 is 32.7 Å². The van der Waals surface area contributed by atoms with Crippen LogP contribution < -0.4 is 0 Å². The first kappa shape index (κ1) is 17.8. The summed E-state index contributed by atoms with van der Waals surface area (Å²) in [6.45, 7) is 19.0. The Labute approximate surface area is 121 Å². The van der Waals surface area contributed by atoms with E-state index in [4.69, 9.17) is 0 Å². The molecule has 1 heteroatoms. The molecule has 15 heavy (non-hydrogen) atoms. The zero-order valence-electron chi connectivity index (χ0n) is 11.4. The maximum atomic E-state index is 4.04. The maximum absolute atomic E-state index is 4.04. The summed E-state index contributed by atoms with van der Waals surface area (Å²) >= 11 is 0. The van der Waals surface area contributed by atoms with Crippen LogP contribution in [0.1, 0.15) is 48.5 Å². The van der Waals surface area contributed by atoms with E-state index < -0.39 is 0 Å². The molecule has 0 saturated heterocycles.